The Hall–Kier alpha value is 0.440. The summed E-state index contributed by atoms with van der Waals surface area (Å²) in [7, 11) is 0. The normalized spacial score (nSPS) is 16.8. The molecule has 0 aliphatic rings. The van der Waals surface area contributed by atoms with Gasteiger partial charge in [0.2, 0.25) is 0 Å². The van der Waals surface area contributed by atoms with Crippen molar-refractivity contribution in [3.05, 3.63) is 0 Å². The Morgan fingerprint density at radius 3 is 2.40 bits per heavy atom. The topological polar surface area (TPSA) is 20.2 Å². The van der Waals surface area contributed by atoms with Crippen LogP contribution in [0.1, 0.15) is 39.5 Å². The second-order valence-electron chi connectivity index (χ2n) is 2.75. The van der Waals surface area contributed by atoms with Gasteiger partial charge in [-0.2, -0.15) is 0 Å². The lowest BCUT2D eigenvalue weighted by Gasteiger charge is -2.11. The van der Waals surface area contributed by atoms with Gasteiger partial charge in [-0.25, -0.2) is 0 Å². The predicted molar refractivity (Wildman–Crippen MR) is 48.5 cm³/mol. The zero-order chi connectivity index (χ0) is 7.98. The molecule has 0 fully saturated rings. The molecule has 0 bridgehead atoms. The van der Waals surface area contributed by atoms with Gasteiger partial charge in [-0.1, -0.05) is 42.1 Å². The summed E-state index contributed by atoms with van der Waals surface area (Å²) in [6.07, 6.45) is 4.62. The molecule has 0 aromatic rings. The van der Waals surface area contributed by atoms with Crippen LogP contribution in [-0.2, 0) is 0 Å². The first-order valence-electron chi connectivity index (χ1n) is 4.00. The van der Waals surface area contributed by atoms with Crippen molar-refractivity contribution in [2.75, 3.05) is 0 Å². The Bertz CT molecular complexity index is 73.7. The summed E-state index contributed by atoms with van der Waals surface area (Å²) in [5, 5.41) is 9.07. The van der Waals surface area contributed by atoms with E-state index in [-0.39, 0.29) is 6.10 Å². The molecule has 2 atom stereocenters. The van der Waals surface area contributed by atoms with E-state index >= 15 is 0 Å². The van der Waals surface area contributed by atoms with E-state index in [9.17, 15) is 0 Å². The van der Waals surface area contributed by atoms with Gasteiger partial charge < -0.3 is 5.11 Å². The highest BCUT2D eigenvalue weighted by Gasteiger charge is 2.08. The first kappa shape index (κ1) is 10.4. The Morgan fingerprint density at radius 2 is 2.00 bits per heavy atom. The van der Waals surface area contributed by atoms with Gasteiger partial charge in [0.25, 0.3) is 0 Å². The average Bonchev–Trinajstić information content (AvgIpc) is 1.88. The van der Waals surface area contributed by atoms with E-state index in [2.05, 4.69) is 22.9 Å². The van der Waals surface area contributed by atoms with Crippen molar-refractivity contribution in [1.29, 1.82) is 0 Å². The van der Waals surface area contributed by atoms with E-state index in [0.29, 0.717) is 4.83 Å². The van der Waals surface area contributed by atoms with Crippen molar-refractivity contribution in [3.63, 3.8) is 0 Å². The number of aliphatic hydroxyl groups excluding tert-OH is 1. The second-order valence-corrected chi connectivity index (χ2v) is 3.93. The molecule has 62 valence electrons. The van der Waals surface area contributed by atoms with Crippen LogP contribution in [0.4, 0.5) is 0 Å². The molecule has 1 nitrogen and oxygen atoms in total. The molecule has 0 radical (unpaired) electrons. The Labute approximate surface area is 72.0 Å². The van der Waals surface area contributed by atoms with Gasteiger partial charge in [0, 0.05) is 4.83 Å². The molecule has 0 aromatic carbocycles. The van der Waals surface area contributed by atoms with Crippen molar-refractivity contribution in [1.82, 2.24) is 0 Å². The van der Waals surface area contributed by atoms with Gasteiger partial charge in [-0.3, -0.25) is 0 Å². The molecule has 2 heteroatoms. The third-order valence-electron chi connectivity index (χ3n) is 1.61. The summed E-state index contributed by atoms with van der Waals surface area (Å²) in [4.78, 5) is 0.291. The fraction of sp³-hybridized carbons (Fsp3) is 1.00. The molecule has 0 heterocycles. The first-order valence-corrected chi connectivity index (χ1v) is 4.92. The maximum absolute atomic E-state index is 9.07. The van der Waals surface area contributed by atoms with E-state index in [1.54, 1.807) is 0 Å². The largest absolute Gasteiger partial charge is 0.392 e. The Balaban J connectivity index is 3.13. The van der Waals surface area contributed by atoms with Crippen LogP contribution in [0.2, 0.25) is 0 Å². The van der Waals surface area contributed by atoms with Gasteiger partial charge in [-0.05, 0) is 13.3 Å². The van der Waals surface area contributed by atoms with E-state index in [0.717, 1.165) is 6.42 Å². The molecule has 0 aliphatic heterocycles. The average molecular weight is 209 g/mol. The van der Waals surface area contributed by atoms with Crippen LogP contribution >= 0.6 is 15.9 Å². The van der Waals surface area contributed by atoms with E-state index in [1.165, 1.54) is 19.3 Å². The lowest BCUT2D eigenvalue weighted by molar-refractivity contribution is 0.189. The van der Waals surface area contributed by atoms with Crippen molar-refractivity contribution >= 4 is 15.9 Å². The number of halogens is 1. The van der Waals surface area contributed by atoms with Crippen molar-refractivity contribution in [3.8, 4) is 0 Å². The number of unbranched alkanes of at least 4 members (excludes halogenated alkanes) is 2. The minimum absolute atomic E-state index is 0.211. The lowest BCUT2D eigenvalue weighted by Crippen LogP contribution is -2.15. The monoisotopic (exact) mass is 208 g/mol. The fourth-order valence-electron chi connectivity index (χ4n) is 0.831. The van der Waals surface area contributed by atoms with Gasteiger partial charge in [-0.15, -0.1) is 0 Å². The van der Waals surface area contributed by atoms with E-state index in [1.807, 2.05) is 6.92 Å². The van der Waals surface area contributed by atoms with Crippen LogP contribution in [0.25, 0.3) is 0 Å². The number of aliphatic hydroxyl groups is 1. The molecular formula is C8H17BrO. The van der Waals surface area contributed by atoms with E-state index < -0.39 is 0 Å². The number of hydrogen-bond acceptors (Lipinski definition) is 1. The molecular weight excluding hydrogens is 192 g/mol. The second kappa shape index (κ2) is 6.17. The summed E-state index contributed by atoms with van der Waals surface area (Å²) >= 11 is 3.42. The molecule has 0 saturated carbocycles. The highest BCUT2D eigenvalue weighted by Crippen LogP contribution is 2.14. The lowest BCUT2D eigenvalue weighted by atomic mass is 10.1. The third-order valence-corrected chi connectivity index (χ3v) is 2.83. The zero-order valence-electron chi connectivity index (χ0n) is 6.81. The molecule has 0 aliphatic carbocycles. The molecule has 0 unspecified atom stereocenters. The Morgan fingerprint density at radius 1 is 1.40 bits per heavy atom. The quantitative estimate of drug-likeness (QED) is 0.545. The molecule has 0 aromatic heterocycles. The summed E-state index contributed by atoms with van der Waals surface area (Å²) in [6.45, 7) is 4.01. The predicted octanol–water partition coefficient (Wildman–Crippen LogP) is 2.71. The Kier molecular flexibility index (Phi) is 6.44. The van der Waals surface area contributed by atoms with Crippen molar-refractivity contribution in [2.45, 2.75) is 50.5 Å². The molecule has 0 saturated heterocycles. The van der Waals surface area contributed by atoms with Crippen LogP contribution in [0.5, 0.6) is 0 Å². The SMILES string of the molecule is CCCCC[C@H](Br)[C@H](C)O. The standard InChI is InChI=1S/C8H17BrO/c1-3-4-5-6-8(9)7(2)10/h7-8,10H,3-6H2,1-2H3/t7-,8-/m0/s1. The van der Waals surface area contributed by atoms with Crippen LogP contribution in [0.15, 0.2) is 0 Å². The summed E-state index contributed by atoms with van der Waals surface area (Å²) in [5.41, 5.74) is 0. The molecule has 10 heavy (non-hydrogen) atoms. The van der Waals surface area contributed by atoms with Crippen LogP contribution in [0.3, 0.4) is 0 Å². The van der Waals surface area contributed by atoms with Gasteiger partial charge >= 0.3 is 0 Å². The summed E-state index contributed by atoms with van der Waals surface area (Å²) < 4.78 is 0. The minimum Gasteiger partial charge on any atom is -0.392 e. The van der Waals surface area contributed by atoms with E-state index in [4.69, 9.17) is 5.11 Å². The van der Waals surface area contributed by atoms with Crippen molar-refractivity contribution in [2.24, 2.45) is 0 Å². The fourth-order valence-corrected chi connectivity index (χ4v) is 1.15. The minimum atomic E-state index is -0.211. The summed E-state index contributed by atoms with van der Waals surface area (Å²) in [6, 6.07) is 0. The number of hydrogen-bond donors (Lipinski definition) is 1. The maximum Gasteiger partial charge on any atom is 0.0637 e. The molecule has 0 spiro atoms. The van der Waals surface area contributed by atoms with Crippen LogP contribution < -0.4 is 0 Å². The summed E-state index contributed by atoms with van der Waals surface area (Å²) in [5.74, 6) is 0. The highest BCUT2D eigenvalue weighted by atomic mass is 79.9. The maximum atomic E-state index is 9.07. The highest BCUT2D eigenvalue weighted by molar-refractivity contribution is 9.09. The first-order chi connectivity index (χ1) is 4.68. The zero-order valence-corrected chi connectivity index (χ0v) is 8.39. The number of alkyl halides is 1. The molecule has 1 N–H and O–H groups in total. The van der Waals surface area contributed by atoms with Gasteiger partial charge in [0.05, 0.1) is 6.10 Å². The van der Waals surface area contributed by atoms with Gasteiger partial charge in [0.1, 0.15) is 0 Å². The van der Waals surface area contributed by atoms with Crippen LogP contribution in [-0.4, -0.2) is 16.0 Å². The smallest absolute Gasteiger partial charge is 0.0637 e. The van der Waals surface area contributed by atoms with Gasteiger partial charge in [0.15, 0.2) is 0 Å². The number of rotatable bonds is 5. The molecule has 0 amide bonds. The molecule has 0 rings (SSSR count). The van der Waals surface area contributed by atoms with Crippen molar-refractivity contribution < 1.29 is 5.11 Å². The third kappa shape index (κ3) is 5.24. The van der Waals surface area contributed by atoms with Crippen LogP contribution in [0, 0.1) is 0 Å².